The molecular formula is C6H8O7. The first-order valence-corrected chi connectivity index (χ1v) is 2.94. The van der Waals surface area contributed by atoms with E-state index in [-0.39, 0.29) is 12.2 Å². The highest BCUT2D eigenvalue weighted by atomic mass is 16.4. The number of ketones is 1. The zero-order chi connectivity index (χ0) is 11.0. The molecule has 13 heavy (non-hydrogen) atoms. The summed E-state index contributed by atoms with van der Waals surface area (Å²) in [5.74, 6) is -5.02. The number of Topliss-reactive ketones (excluding diaryl/α,β-unsaturated/α-hetero) is 1. The van der Waals surface area contributed by atoms with Gasteiger partial charge in [-0.15, -0.1) is 0 Å². The van der Waals surface area contributed by atoms with E-state index in [0.717, 1.165) is 0 Å². The molecule has 0 aliphatic rings. The molecule has 0 atom stereocenters. The topological polar surface area (TPSA) is 129 Å². The van der Waals surface area contributed by atoms with Crippen LogP contribution in [0.5, 0.6) is 0 Å². The molecule has 0 aliphatic carbocycles. The molecule has 0 amide bonds. The van der Waals surface area contributed by atoms with Gasteiger partial charge in [0.15, 0.2) is 0 Å². The van der Waals surface area contributed by atoms with E-state index in [1.807, 2.05) is 0 Å². The average Bonchev–Trinajstić information content (AvgIpc) is 1.84. The van der Waals surface area contributed by atoms with Crippen molar-refractivity contribution in [3.8, 4) is 0 Å². The smallest absolute Gasteiger partial charge is 0.414 e. The van der Waals surface area contributed by atoms with Gasteiger partial charge in [-0.1, -0.05) is 0 Å². The number of carbonyl (C=O) groups excluding carboxylic acids is 1. The van der Waals surface area contributed by atoms with E-state index < -0.39 is 17.9 Å². The molecule has 0 rings (SSSR count). The largest absolute Gasteiger partial charge is 0.481 e. The highest BCUT2D eigenvalue weighted by molar-refractivity contribution is 6.27. The first-order valence-electron chi connectivity index (χ1n) is 2.94. The number of carboxylic acid groups (broad SMARTS) is 3. The highest BCUT2D eigenvalue weighted by Crippen LogP contribution is 1.77. The third-order valence-electron chi connectivity index (χ3n) is 0.583. The van der Waals surface area contributed by atoms with Gasteiger partial charge in [0.2, 0.25) is 0 Å². The summed E-state index contributed by atoms with van der Waals surface area (Å²) in [4.78, 5) is 37.7. The molecule has 3 N–H and O–H groups in total. The molecule has 0 bridgehead atoms. The van der Waals surface area contributed by atoms with Crippen molar-refractivity contribution in [3.63, 3.8) is 0 Å². The summed E-state index contributed by atoms with van der Waals surface area (Å²) >= 11 is 0. The third kappa shape index (κ3) is 17.8. The van der Waals surface area contributed by atoms with Gasteiger partial charge in [0, 0.05) is 0 Å². The van der Waals surface area contributed by atoms with Gasteiger partial charge in [0.05, 0.1) is 0 Å². The summed E-state index contributed by atoms with van der Waals surface area (Å²) in [6, 6.07) is 0. The maximum atomic E-state index is 9.87. The summed E-state index contributed by atoms with van der Waals surface area (Å²) in [5.41, 5.74) is 0. The minimum absolute atomic E-state index is 0.312. The molecule has 74 valence electrons. The summed E-state index contributed by atoms with van der Waals surface area (Å²) in [6.07, 6.45) is -0.361. The molecule has 0 radical (unpaired) electrons. The molecule has 0 aromatic heterocycles. The molecule has 0 aromatic rings. The highest BCUT2D eigenvalue weighted by Gasteiger charge is 2.04. The number of carboxylic acids is 3. The number of aliphatic carboxylic acids is 3. The van der Waals surface area contributed by atoms with Crippen molar-refractivity contribution >= 4 is 23.7 Å². The molecule has 0 aliphatic heterocycles. The molecule has 0 fully saturated rings. The predicted octanol–water partition coefficient (Wildman–Crippen LogP) is -0.794. The SMILES string of the molecule is CC(=O)CC(=O)O.O=C(O)C(=O)O. The standard InChI is InChI=1S/C4H6O3.C2H2O4/c1-3(5)2-4(6)7;3-1(4)2(5)6/h2H2,1H3,(H,6,7);(H,3,4)(H,5,6). The second-order valence-electron chi connectivity index (χ2n) is 1.88. The van der Waals surface area contributed by atoms with Crippen LogP contribution in [0.15, 0.2) is 0 Å². The Morgan fingerprint density at radius 3 is 1.23 bits per heavy atom. The van der Waals surface area contributed by atoms with Crippen LogP contribution in [0.4, 0.5) is 0 Å². The van der Waals surface area contributed by atoms with Crippen molar-refractivity contribution in [1.29, 1.82) is 0 Å². The van der Waals surface area contributed by atoms with Crippen molar-refractivity contribution in [2.24, 2.45) is 0 Å². The van der Waals surface area contributed by atoms with Crippen LogP contribution >= 0.6 is 0 Å². The Hall–Kier alpha value is -1.92. The van der Waals surface area contributed by atoms with Crippen LogP contribution in [0.1, 0.15) is 13.3 Å². The zero-order valence-electron chi connectivity index (χ0n) is 6.68. The molecule has 7 heteroatoms. The lowest BCUT2D eigenvalue weighted by molar-refractivity contribution is -0.159. The van der Waals surface area contributed by atoms with Gasteiger partial charge in [-0.25, -0.2) is 9.59 Å². The summed E-state index contributed by atoms with van der Waals surface area (Å²) in [6.45, 7) is 1.24. The van der Waals surface area contributed by atoms with E-state index in [1.54, 1.807) is 0 Å². The number of hydrogen-bond donors (Lipinski definition) is 3. The minimum atomic E-state index is -1.82. The van der Waals surface area contributed by atoms with E-state index in [1.165, 1.54) is 6.92 Å². The Morgan fingerprint density at radius 1 is 0.923 bits per heavy atom. The Balaban J connectivity index is 0. The van der Waals surface area contributed by atoms with E-state index >= 15 is 0 Å². The van der Waals surface area contributed by atoms with Gasteiger partial charge >= 0.3 is 17.9 Å². The van der Waals surface area contributed by atoms with Crippen LogP contribution in [0.25, 0.3) is 0 Å². The van der Waals surface area contributed by atoms with Gasteiger partial charge in [-0.05, 0) is 6.92 Å². The van der Waals surface area contributed by atoms with Gasteiger partial charge in [-0.2, -0.15) is 0 Å². The Bertz CT molecular complexity index is 205. The monoisotopic (exact) mass is 192 g/mol. The lowest BCUT2D eigenvalue weighted by Crippen LogP contribution is -2.09. The average molecular weight is 192 g/mol. The lowest BCUT2D eigenvalue weighted by atomic mass is 10.3. The second kappa shape index (κ2) is 6.77. The lowest BCUT2D eigenvalue weighted by Gasteiger charge is -1.80. The first kappa shape index (κ1) is 13.7. The van der Waals surface area contributed by atoms with Gasteiger partial charge in [0.25, 0.3) is 0 Å². The quantitative estimate of drug-likeness (QED) is 0.386. The summed E-state index contributed by atoms with van der Waals surface area (Å²) in [7, 11) is 0. The van der Waals surface area contributed by atoms with Gasteiger partial charge < -0.3 is 15.3 Å². The predicted molar refractivity (Wildman–Crippen MR) is 38.2 cm³/mol. The second-order valence-corrected chi connectivity index (χ2v) is 1.88. The zero-order valence-corrected chi connectivity index (χ0v) is 6.68. The van der Waals surface area contributed by atoms with E-state index in [0.29, 0.717) is 0 Å². The fourth-order valence-electron chi connectivity index (χ4n) is 0.213. The molecule has 0 unspecified atom stereocenters. The van der Waals surface area contributed by atoms with Crippen LogP contribution in [0.2, 0.25) is 0 Å². The maximum absolute atomic E-state index is 9.87. The summed E-state index contributed by atoms with van der Waals surface area (Å²) < 4.78 is 0. The Morgan fingerprint density at radius 2 is 1.23 bits per heavy atom. The van der Waals surface area contributed by atoms with Crippen LogP contribution in [0.3, 0.4) is 0 Å². The third-order valence-corrected chi connectivity index (χ3v) is 0.583. The minimum Gasteiger partial charge on any atom is -0.481 e. The molecular weight excluding hydrogens is 184 g/mol. The van der Waals surface area contributed by atoms with Crippen LogP contribution < -0.4 is 0 Å². The number of hydrogen-bond acceptors (Lipinski definition) is 4. The molecule has 0 heterocycles. The maximum Gasteiger partial charge on any atom is 0.414 e. The van der Waals surface area contributed by atoms with Crippen LogP contribution in [-0.2, 0) is 19.2 Å². The fourth-order valence-corrected chi connectivity index (χ4v) is 0.213. The molecule has 0 saturated heterocycles. The van der Waals surface area contributed by atoms with Crippen molar-refractivity contribution in [1.82, 2.24) is 0 Å². The van der Waals surface area contributed by atoms with Gasteiger partial charge in [-0.3, -0.25) is 9.59 Å². The normalized spacial score (nSPS) is 7.77. The first-order chi connectivity index (χ1) is 5.77. The molecule has 0 aromatic carbocycles. The van der Waals surface area contributed by atoms with Crippen molar-refractivity contribution in [2.75, 3.05) is 0 Å². The molecule has 0 saturated carbocycles. The number of carbonyl (C=O) groups is 4. The van der Waals surface area contributed by atoms with Crippen molar-refractivity contribution < 1.29 is 34.5 Å². The molecule has 0 spiro atoms. The number of rotatable bonds is 2. The Labute approximate surface area is 72.6 Å². The summed E-state index contributed by atoms with van der Waals surface area (Å²) in [5, 5.41) is 22.6. The Kier molecular flexibility index (Phi) is 7.11. The fraction of sp³-hybridized carbons (Fsp3) is 0.333. The van der Waals surface area contributed by atoms with Gasteiger partial charge in [0.1, 0.15) is 12.2 Å². The van der Waals surface area contributed by atoms with E-state index in [2.05, 4.69) is 0 Å². The van der Waals surface area contributed by atoms with Crippen LogP contribution in [0, 0.1) is 0 Å². The van der Waals surface area contributed by atoms with E-state index in [9.17, 15) is 9.59 Å². The van der Waals surface area contributed by atoms with Crippen molar-refractivity contribution in [2.45, 2.75) is 13.3 Å². The van der Waals surface area contributed by atoms with Crippen molar-refractivity contribution in [3.05, 3.63) is 0 Å². The molecule has 7 nitrogen and oxygen atoms in total. The van der Waals surface area contributed by atoms with Crippen LogP contribution in [-0.4, -0.2) is 39.0 Å². The van der Waals surface area contributed by atoms with E-state index in [4.69, 9.17) is 24.9 Å².